The van der Waals surface area contributed by atoms with E-state index in [0.717, 1.165) is 19.3 Å². The third-order valence-corrected chi connectivity index (χ3v) is 5.51. The highest BCUT2D eigenvalue weighted by molar-refractivity contribution is 6.06. The van der Waals surface area contributed by atoms with Crippen molar-refractivity contribution < 1.29 is 14.3 Å². The van der Waals surface area contributed by atoms with Gasteiger partial charge in [-0.2, -0.15) is 0 Å². The Labute approximate surface area is 136 Å². The molecule has 1 saturated heterocycles. The third-order valence-electron chi connectivity index (χ3n) is 5.51. The monoisotopic (exact) mass is 311 g/mol. The Bertz CT molecular complexity index is 675. The van der Waals surface area contributed by atoms with Gasteiger partial charge in [0.25, 0.3) is 0 Å². The predicted molar refractivity (Wildman–Crippen MR) is 86.4 cm³/mol. The van der Waals surface area contributed by atoms with E-state index in [-0.39, 0.29) is 24.0 Å². The van der Waals surface area contributed by atoms with Crippen LogP contribution in [0.25, 0.3) is 5.57 Å². The third kappa shape index (κ3) is 2.19. The maximum Gasteiger partial charge on any atom is 0.321 e. The smallest absolute Gasteiger partial charge is 0.321 e. The molecule has 4 rings (SSSR count). The first kappa shape index (κ1) is 14.5. The van der Waals surface area contributed by atoms with Crippen LogP contribution in [0.2, 0.25) is 0 Å². The predicted octanol–water partition coefficient (Wildman–Crippen LogP) is 2.79. The van der Waals surface area contributed by atoms with Crippen molar-refractivity contribution in [3.8, 4) is 0 Å². The zero-order valence-corrected chi connectivity index (χ0v) is 13.3. The van der Waals surface area contributed by atoms with Crippen molar-refractivity contribution >= 4 is 17.4 Å². The number of ether oxygens (including phenoxy) is 1. The van der Waals surface area contributed by atoms with E-state index >= 15 is 0 Å². The molecule has 2 unspecified atom stereocenters. The van der Waals surface area contributed by atoms with Crippen LogP contribution in [-0.2, 0) is 14.3 Å². The molecule has 120 valence electrons. The second-order valence-electron chi connectivity index (χ2n) is 6.85. The van der Waals surface area contributed by atoms with Gasteiger partial charge in [-0.15, -0.1) is 0 Å². The van der Waals surface area contributed by atoms with Gasteiger partial charge in [0.05, 0.1) is 13.2 Å². The van der Waals surface area contributed by atoms with Gasteiger partial charge in [0, 0.05) is 6.04 Å². The topological polar surface area (TPSA) is 46.6 Å². The molecule has 1 saturated carbocycles. The van der Waals surface area contributed by atoms with Gasteiger partial charge in [-0.3, -0.25) is 9.59 Å². The number of hydrogen-bond donors (Lipinski definition) is 0. The zero-order chi connectivity index (χ0) is 16.0. The summed E-state index contributed by atoms with van der Waals surface area (Å²) >= 11 is 0. The Morgan fingerprint density at radius 2 is 1.91 bits per heavy atom. The van der Waals surface area contributed by atoms with E-state index in [1.165, 1.54) is 18.2 Å². The fourth-order valence-electron chi connectivity index (χ4n) is 4.09. The van der Waals surface area contributed by atoms with Crippen LogP contribution in [0.3, 0.4) is 0 Å². The van der Waals surface area contributed by atoms with E-state index in [2.05, 4.69) is 18.2 Å². The number of nitrogens with zero attached hydrogens (tertiary/aromatic N) is 1. The first-order chi connectivity index (χ1) is 11.2. The number of rotatable bonds is 3. The summed E-state index contributed by atoms with van der Waals surface area (Å²) in [4.78, 5) is 27.0. The Kier molecular flexibility index (Phi) is 3.29. The molecule has 2 heterocycles. The highest BCUT2D eigenvalue weighted by Gasteiger charge is 2.61. The molecule has 3 aliphatic rings. The first-order valence-corrected chi connectivity index (χ1v) is 8.33. The number of hydrogen-bond acceptors (Lipinski definition) is 3. The van der Waals surface area contributed by atoms with Gasteiger partial charge in [0.2, 0.25) is 5.91 Å². The highest BCUT2D eigenvalue weighted by Crippen LogP contribution is 2.51. The Hall–Kier alpha value is -2.10. The van der Waals surface area contributed by atoms with Crippen molar-refractivity contribution in [3.05, 3.63) is 42.0 Å². The lowest BCUT2D eigenvalue weighted by molar-refractivity contribution is -0.157. The molecule has 1 aromatic carbocycles. The van der Waals surface area contributed by atoms with E-state index < -0.39 is 5.41 Å². The fourth-order valence-corrected chi connectivity index (χ4v) is 4.09. The van der Waals surface area contributed by atoms with Crippen molar-refractivity contribution in [2.75, 3.05) is 7.11 Å². The van der Waals surface area contributed by atoms with Gasteiger partial charge in [0.1, 0.15) is 5.41 Å². The second-order valence-corrected chi connectivity index (χ2v) is 6.85. The average molecular weight is 311 g/mol. The minimum atomic E-state index is -0.881. The average Bonchev–Trinajstić information content (AvgIpc) is 3.36. The molecule has 0 N–H and O–H groups in total. The number of esters is 1. The van der Waals surface area contributed by atoms with Crippen LogP contribution in [0.15, 0.2) is 36.4 Å². The van der Waals surface area contributed by atoms with Gasteiger partial charge in [-0.25, -0.2) is 0 Å². The quantitative estimate of drug-likeness (QED) is 0.637. The van der Waals surface area contributed by atoms with Crippen LogP contribution in [0.4, 0.5) is 0 Å². The van der Waals surface area contributed by atoms with Gasteiger partial charge in [-0.1, -0.05) is 36.4 Å². The lowest BCUT2D eigenvalue weighted by atomic mass is 9.93. The van der Waals surface area contributed by atoms with E-state index in [9.17, 15) is 9.59 Å². The van der Waals surface area contributed by atoms with Crippen molar-refractivity contribution in [2.24, 2.45) is 5.41 Å². The molecule has 4 heteroatoms. The molecule has 1 aliphatic carbocycles. The second kappa shape index (κ2) is 5.22. The summed E-state index contributed by atoms with van der Waals surface area (Å²) in [7, 11) is 1.37. The molecule has 0 radical (unpaired) electrons. The van der Waals surface area contributed by atoms with Crippen LogP contribution in [0, 0.1) is 5.41 Å². The summed E-state index contributed by atoms with van der Waals surface area (Å²) in [6.07, 6.45) is 6.37. The van der Waals surface area contributed by atoms with Crippen molar-refractivity contribution in [1.29, 1.82) is 0 Å². The number of carbonyl (C=O) groups excluding carboxylic acids is 2. The fraction of sp³-hybridized carbons (Fsp3) is 0.474. The Morgan fingerprint density at radius 1 is 1.17 bits per heavy atom. The first-order valence-electron chi connectivity index (χ1n) is 8.33. The SMILES string of the molecule is COC(=O)C1(C(=O)N2C3C=C(c4ccccc4)CC2CC3)CC1. The van der Waals surface area contributed by atoms with E-state index in [1.807, 2.05) is 23.1 Å². The maximum absolute atomic E-state index is 13.0. The van der Waals surface area contributed by atoms with E-state index in [0.29, 0.717) is 12.8 Å². The molecule has 2 atom stereocenters. The largest absolute Gasteiger partial charge is 0.468 e. The van der Waals surface area contributed by atoms with Crippen LogP contribution >= 0.6 is 0 Å². The van der Waals surface area contributed by atoms with E-state index in [4.69, 9.17) is 4.74 Å². The summed E-state index contributed by atoms with van der Waals surface area (Å²) in [5, 5.41) is 0. The lowest BCUT2D eigenvalue weighted by Crippen LogP contribution is -2.48. The molecule has 1 amide bonds. The Balaban J connectivity index is 1.60. The number of methoxy groups -OCH3 is 1. The van der Waals surface area contributed by atoms with Gasteiger partial charge >= 0.3 is 5.97 Å². The molecular formula is C19H21NO3. The summed E-state index contributed by atoms with van der Waals surface area (Å²) in [6, 6.07) is 10.7. The molecule has 23 heavy (non-hydrogen) atoms. The minimum absolute atomic E-state index is 0.0137. The number of amides is 1. The van der Waals surface area contributed by atoms with Gasteiger partial charge in [-0.05, 0) is 43.2 Å². The van der Waals surface area contributed by atoms with Crippen LogP contribution in [-0.4, -0.2) is 36.0 Å². The summed E-state index contributed by atoms with van der Waals surface area (Å²) in [6.45, 7) is 0. The Morgan fingerprint density at radius 3 is 2.52 bits per heavy atom. The van der Waals surface area contributed by atoms with Gasteiger partial charge in [0.15, 0.2) is 0 Å². The molecule has 0 spiro atoms. The van der Waals surface area contributed by atoms with Crippen LogP contribution in [0.1, 0.15) is 37.7 Å². The lowest BCUT2D eigenvalue weighted by Gasteiger charge is -2.36. The summed E-state index contributed by atoms with van der Waals surface area (Å²) < 4.78 is 4.87. The molecule has 2 fully saturated rings. The zero-order valence-electron chi connectivity index (χ0n) is 13.3. The number of carbonyl (C=O) groups is 2. The molecular weight excluding hydrogens is 290 g/mol. The standard InChI is InChI=1S/C19H21NO3/c1-23-18(22)19(9-10-19)17(21)20-15-7-8-16(20)12-14(11-15)13-5-3-2-4-6-13/h2-6,11,15-16H,7-10,12H2,1H3. The molecule has 2 aliphatic heterocycles. The van der Waals surface area contributed by atoms with Crippen molar-refractivity contribution in [3.63, 3.8) is 0 Å². The molecule has 4 nitrogen and oxygen atoms in total. The van der Waals surface area contributed by atoms with Crippen LogP contribution in [0.5, 0.6) is 0 Å². The highest BCUT2D eigenvalue weighted by atomic mass is 16.5. The number of fused-ring (bicyclic) bond motifs is 2. The van der Waals surface area contributed by atoms with Crippen molar-refractivity contribution in [2.45, 2.75) is 44.2 Å². The normalized spacial score (nSPS) is 27.3. The minimum Gasteiger partial charge on any atom is -0.468 e. The summed E-state index contributed by atoms with van der Waals surface area (Å²) in [5.41, 5.74) is 1.68. The maximum atomic E-state index is 13.0. The van der Waals surface area contributed by atoms with Crippen molar-refractivity contribution in [1.82, 2.24) is 4.90 Å². The number of benzene rings is 1. The molecule has 2 bridgehead atoms. The molecule has 1 aromatic rings. The van der Waals surface area contributed by atoms with E-state index in [1.54, 1.807) is 0 Å². The van der Waals surface area contributed by atoms with Crippen LogP contribution < -0.4 is 0 Å². The molecule has 0 aromatic heterocycles. The van der Waals surface area contributed by atoms with Gasteiger partial charge < -0.3 is 9.64 Å². The summed E-state index contributed by atoms with van der Waals surface area (Å²) in [5.74, 6) is -0.375.